The van der Waals surface area contributed by atoms with Crippen LogP contribution in [0.2, 0.25) is 10.0 Å². The van der Waals surface area contributed by atoms with Crippen molar-refractivity contribution in [2.75, 3.05) is 13.7 Å². The first-order valence-corrected chi connectivity index (χ1v) is 12.5. The molecule has 5 rings (SSSR count). The third kappa shape index (κ3) is 5.25. The quantitative estimate of drug-likeness (QED) is 0.331. The van der Waals surface area contributed by atoms with Crippen molar-refractivity contribution < 1.29 is 9.53 Å². The molecule has 1 aliphatic rings. The highest BCUT2D eigenvalue weighted by molar-refractivity contribution is 6.35. The molecule has 37 heavy (non-hydrogen) atoms. The van der Waals surface area contributed by atoms with E-state index in [-0.39, 0.29) is 11.9 Å². The zero-order chi connectivity index (χ0) is 25.9. The molecule has 2 aromatic carbocycles. The van der Waals surface area contributed by atoms with Crippen LogP contribution >= 0.6 is 23.2 Å². The molecule has 0 bridgehead atoms. The molecule has 1 amide bonds. The lowest BCUT2D eigenvalue weighted by molar-refractivity contribution is 0.0932. The van der Waals surface area contributed by atoms with Gasteiger partial charge >= 0.3 is 0 Å². The van der Waals surface area contributed by atoms with E-state index in [4.69, 9.17) is 33.0 Å². The Morgan fingerprint density at radius 1 is 1.14 bits per heavy atom. The predicted molar refractivity (Wildman–Crippen MR) is 146 cm³/mol. The summed E-state index contributed by atoms with van der Waals surface area (Å²) in [6, 6.07) is 18.3. The maximum Gasteiger partial charge on any atom is 0.272 e. The minimum absolute atomic E-state index is 0.286. The number of methoxy groups -OCH3 is 1. The summed E-state index contributed by atoms with van der Waals surface area (Å²) < 4.78 is 7.03. The van der Waals surface area contributed by atoms with Gasteiger partial charge in [0, 0.05) is 29.9 Å². The molecule has 188 valence electrons. The van der Waals surface area contributed by atoms with Gasteiger partial charge in [-0.1, -0.05) is 41.4 Å². The van der Waals surface area contributed by atoms with Crippen molar-refractivity contribution >= 4 is 40.8 Å². The number of hydrogen-bond donors (Lipinski definition) is 2. The number of ether oxygens (including phenoxy) is 1. The van der Waals surface area contributed by atoms with Crippen LogP contribution in [0.25, 0.3) is 17.3 Å². The van der Waals surface area contributed by atoms with Gasteiger partial charge in [-0.3, -0.25) is 9.78 Å². The molecule has 0 saturated heterocycles. The highest BCUT2D eigenvalue weighted by Gasteiger charge is 2.29. The highest BCUT2D eigenvalue weighted by atomic mass is 35.5. The highest BCUT2D eigenvalue weighted by Crippen LogP contribution is 2.33. The zero-order valence-electron chi connectivity index (χ0n) is 20.3. The molecule has 1 atom stereocenters. The standard InChI is InChI=1S/C28H25Cl2N5O2/c1-17(24-5-3-4-12-32-24)33-28(36)26-22-16-31-15-19(13-18-6-9-21(37-2)10-7-18)27(22)35(34-26)25-11-8-20(29)14-23(25)30/h3-14,17,31H,15-16H2,1-2H3,(H,33,36)/b19-13+. The second kappa shape index (κ2) is 10.8. The van der Waals surface area contributed by atoms with E-state index >= 15 is 0 Å². The Kier molecular flexibility index (Phi) is 7.28. The van der Waals surface area contributed by atoms with E-state index in [0.717, 1.165) is 33.8 Å². The lowest BCUT2D eigenvalue weighted by atomic mass is 9.98. The van der Waals surface area contributed by atoms with Crippen molar-refractivity contribution in [2.45, 2.75) is 19.5 Å². The molecule has 0 fully saturated rings. The maximum atomic E-state index is 13.5. The Bertz CT molecular complexity index is 1470. The molecule has 0 saturated carbocycles. The van der Waals surface area contributed by atoms with Gasteiger partial charge in [-0.25, -0.2) is 4.68 Å². The van der Waals surface area contributed by atoms with Crippen LogP contribution in [0, 0.1) is 0 Å². The molecule has 3 heterocycles. The van der Waals surface area contributed by atoms with Gasteiger partial charge in [0.15, 0.2) is 5.69 Å². The largest absolute Gasteiger partial charge is 0.497 e. The number of carbonyl (C=O) groups excluding carboxylic acids is 1. The van der Waals surface area contributed by atoms with Gasteiger partial charge in [-0.2, -0.15) is 5.10 Å². The van der Waals surface area contributed by atoms with Gasteiger partial charge in [0.25, 0.3) is 5.91 Å². The normalized spacial score (nSPS) is 14.8. The molecule has 4 aromatic rings. The minimum atomic E-state index is -0.292. The van der Waals surface area contributed by atoms with Crippen LogP contribution in [-0.2, 0) is 6.54 Å². The monoisotopic (exact) mass is 533 g/mol. The van der Waals surface area contributed by atoms with Crippen molar-refractivity contribution in [3.63, 3.8) is 0 Å². The van der Waals surface area contributed by atoms with E-state index < -0.39 is 0 Å². The SMILES string of the molecule is COc1ccc(/C=C2\CNCc3c(C(=O)NC(C)c4ccccn4)nn(-c4ccc(Cl)cc4Cl)c32)cc1. The summed E-state index contributed by atoms with van der Waals surface area (Å²) >= 11 is 12.8. The fourth-order valence-electron chi connectivity index (χ4n) is 4.36. The van der Waals surface area contributed by atoms with Gasteiger partial charge in [0.05, 0.1) is 35.2 Å². The zero-order valence-corrected chi connectivity index (χ0v) is 21.8. The van der Waals surface area contributed by atoms with E-state index in [1.54, 1.807) is 30.1 Å². The summed E-state index contributed by atoms with van der Waals surface area (Å²) in [4.78, 5) is 17.8. The molecule has 0 spiro atoms. The van der Waals surface area contributed by atoms with E-state index in [1.165, 1.54) is 0 Å². The van der Waals surface area contributed by atoms with Gasteiger partial charge in [0.2, 0.25) is 0 Å². The number of carbonyl (C=O) groups is 1. The van der Waals surface area contributed by atoms with Crippen LogP contribution in [-0.4, -0.2) is 34.3 Å². The van der Waals surface area contributed by atoms with Gasteiger partial charge in [-0.15, -0.1) is 0 Å². The number of rotatable bonds is 6. The van der Waals surface area contributed by atoms with E-state index in [0.29, 0.717) is 34.5 Å². The Morgan fingerprint density at radius 3 is 2.65 bits per heavy atom. The van der Waals surface area contributed by atoms with Crippen molar-refractivity contribution in [1.29, 1.82) is 0 Å². The smallest absolute Gasteiger partial charge is 0.272 e. The Labute approximate surface area is 225 Å². The molecular weight excluding hydrogens is 509 g/mol. The first kappa shape index (κ1) is 25.0. The first-order chi connectivity index (χ1) is 17.9. The third-order valence-electron chi connectivity index (χ3n) is 6.19. The van der Waals surface area contributed by atoms with Crippen LogP contribution < -0.4 is 15.4 Å². The molecule has 9 heteroatoms. The number of nitrogens with zero attached hydrogens (tertiary/aromatic N) is 3. The third-order valence-corrected chi connectivity index (χ3v) is 6.73. The maximum absolute atomic E-state index is 13.5. The summed E-state index contributed by atoms with van der Waals surface area (Å²) in [6.07, 6.45) is 3.78. The molecule has 0 radical (unpaired) electrons. The Morgan fingerprint density at radius 2 is 1.95 bits per heavy atom. The molecule has 0 aliphatic carbocycles. The van der Waals surface area contributed by atoms with Gasteiger partial charge in [0.1, 0.15) is 5.75 Å². The summed E-state index contributed by atoms with van der Waals surface area (Å²) in [5.74, 6) is 0.495. The van der Waals surface area contributed by atoms with Crippen LogP contribution in [0.3, 0.4) is 0 Å². The molecule has 1 unspecified atom stereocenters. The molecule has 2 aromatic heterocycles. The average Bonchev–Trinajstić information content (AvgIpc) is 3.30. The van der Waals surface area contributed by atoms with Crippen molar-refractivity contribution in [3.05, 3.63) is 105 Å². The van der Waals surface area contributed by atoms with Crippen LogP contribution in [0.15, 0.2) is 66.9 Å². The molecule has 2 N–H and O–H groups in total. The fourth-order valence-corrected chi connectivity index (χ4v) is 4.84. The second-order valence-electron chi connectivity index (χ2n) is 8.68. The summed E-state index contributed by atoms with van der Waals surface area (Å²) in [6.45, 7) is 2.98. The van der Waals surface area contributed by atoms with E-state index in [9.17, 15) is 4.79 Å². The van der Waals surface area contributed by atoms with Crippen molar-refractivity contribution in [2.24, 2.45) is 0 Å². The Balaban J connectivity index is 1.60. The van der Waals surface area contributed by atoms with Gasteiger partial charge in [-0.05, 0) is 66.6 Å². The van der Waals surface area contributed by atoms with Crippen LogP contribution in [0.1, 0.15) is 46.0 Å². The number of pyridine rings is 1. The number of amides is 1. The number of nitrogens with one attached hydrogen (secondary N) is 2. The van der Waals surface area contributed by atoms with Crippen molar-refractivity contribution in [1.82, 2.24) is 25.4 Å². The van der Waals surface area contributed by atoms with Crippen molar-refractivity contribution in [3.8, 4) is 11.4 Å². The second-order valence-corrected chi connectivity index (χ2v) is 9.52. The topological polar surface area (TPSA) is 81.1 Å². The van der Waals surface area contributed by atoms with E-state index in [2.05, 4.69) is 21.7 Å². The summed E-state index contributed by atoms with van der Waals surface area (Å²) in [5.41, 5.74) is 5.33. The predicted octanol–water partition coefficient (Wildman–Crippen LogP) is 5.72. The molecule has 7 nitrogen and oxygen atoms in total. The number of aromatic nitrogens is 3. The Hall–Kier alpha value is -3.65. The molecular formula is C28H25Cl2N5O2. The summed E-state index contributed by atoms with van der Waals surface area (Å²) in [7, 11) is 1.64. The van der Waals surface area contributed by atoms with E-state index in [1.807, 2.05) is 55.5 Å². The number of fused-ring (bicyclic) bond motifs is 1. The first-order valence-electron chi connectivity index (χ1n) is 11.8. The molecule has 1 aliphatic heterocycles. The van der Waals surface area contributed by atoms with Crippen LogP contribution in [0.4, 0.5) is 0 Å². The van der Waals surface area contributed by atoms with Gasteiger partial charge < -0.3 is 15.4 Å². The lowest BCUT2D eigenvalue weighted by Gasteiger charge is -2.20. The number of benzene rings is 2. The number of hydrogen-bond acceptors (Lipinski definition) is 5. The van der Waals surface area contributed by atoms with Crippen LogP contribution in [0.5, 0.6) is 5.75 Å². The average molecular weight is 534 g/mol. The fraction of sp³-hybridized carbons (Fsp3) is 0.179. The number of halogens is 2. The lowest BCUT2D eigenvalue weighted by Crippen LogP contribution is -2.30. The minimum Gasteiger partial charge on any atom is -0.497 e. The summed E-state index contributed by atoms with van der Waals surface area (Å²) in [5, 5.41) is 12.2.